The fraction of sp³-hybridized carbons (Fsp3) is 0.632. The van der Waals surface area contributed by atoms with Crippen LogP contribution < -0.4 is 4.74 Å². The molecule has 0 bridgehead atoms. The lowest BCUT2D eigenvalue weighted by atomic mass is 10.0. The first kappa shape index (κ1) is 18.7. The number of rotatable bonds is 9. The summed E-state index contributed by atoms with van der Waals surface area (Å²) in [4.78, 5) is 13.7. The van der Waals surface area contributed by atoms with E-state index in [9.17, 15) is 13.6 Å². The van der Waals surface area contributed by atoms with Gasteiger partial charge in [-0.15, -0.1) is 0 Å². The highest BCUT2D eigenvalue weighted by molar-refractivity contribution is 5.76. The van der Waals surface area contributed by atoms with Crippen molar-refractivity contribution in [1.82, 2.24) is 4.90 Å². The summed E-state index contributed by atoms with van der Waals surface area (Å²) in [6, 6.07) is 6.14. The van der Waals surface area contributed by atoms with E-state index in [1.807, 2.05) is 0 Å². The SMILES string of the molecule is CCCCOc1cccc(C(F)(F)CCCC(=O)N2CCCC2)c1. The maximum atomic E-state index is 14.4. The van der Waals surface area contributed by atoms with E-state index in [4.69, 9.17) is 4.74 Å². The summed E-state index contributed by atoms with van der Waals surface area (Å²) in [6.45, 7) is 4.13. The van der Waals surface area contributed by atoms with Crippen LogP contribution >= 0.6 is 0 Å². The number of halogens is 2. The number of likely N-dealkylation sites (tertiary alicyclic amines) is 1. The summed E-state index contributed by atoms with van der Waals surface area (Å²) in [5, 5.41) is 0. The number of hydrogen-bond acceptors (Lipinski definition) is 2. The van der Waals surface area contributed by atoms with Crippen molar-refractivity contribution in [3.05, 3.63) is 29.8 Å². The number of amides is 1. The summed E-state index contributed by atoms with van der Waals surface area (Å²) < 4.78 is 34.2. The van der Waals surface area contributed by atoms with Gasteiger partial charge in [0.15, 0.2) is 0 Å². The van der Waals surface area contributed by atoms with Crippen LogP contribution in [0.4, 0.5) is 8.78 Å². The van der Waals surface area contributed by atoms with E-state index in [2.05, 4.69) is 6.92 Å². The van der Waals surface area contributed by atoms with Crippen LogP contribution in [0, 0.1) is 0 Å². The molecule has 0 radical (unpaired) electrons. The maximum Gasteiger partial charge on any atom is 0.273 e. The first-order valence-electron chi connectivity index (χ1n) is 8.92. The molecule has 3 nitrogen and oxygen atoms in total. The Morgan fingerprint density at radius 3 is 2.71 bits per heavy atom. The van der Waals surface area contributed by atoms with Gasteiger partial charge in [0.2, 0.25) is 5.91 Å². The number of hydrogen-bond donors (Lipinski definition) is 0. The third-order valence-corrected chi connectivity index (χ3v) is 4.36. The molecule has 0 unspecified atom stereocenters. The van der Waals surface area contributed by atoms with Crippen LogP contribution in [-0.2, 0) is 10.7 Å². The smallest absolute Gasteiger partial charge is 0.273 e. The Morgan fingerprint density at radius 2 is 2.00 bits per heavy atom. The van der Waals surface area contributed by atoms with Crippen LogP contribution in [0.2, 0.25) is 0 Å². The topological polar surface area (TPSA) is 29.5 Å². The van der Waals surface area contributed by atoms with Gasteiger partial charge in [-0.1, -0.05) is 25.5 Å². The molecule has 1 aromatic carbocycles. The van der Waals surface area contributed by atoms with E-state index in [0.717, 1.165) is 38.8 Å². The molecule has 0 aromatic heterocycles. The van der Waals surface area contributed by atoms with Gasteiger partial charge in [-0.2, -0.15) is 0 Å². The van der Waals surface area contributed by atoms with E-state index in [1.54, 1.807) is 17.0 Å². The number of unbranched alkanes of at least 4 members (excludes halogenated alkanes) is 1. The van der Waals surface area contributed by atoms with Crippen LogP contribution in [0.25, 0.3) is 0 Å². The number of nitrogens with zero attached hydrogens (tertiary/aromatic N) is 1. The second-order valence-corrected chi connectivity index (χ2v) is 6.38. The van der Waals surface area contributed by atoms with Crippen molar-refractivity contribution in [2.24, 2.45) is 0 Å². The minimum absolute atomic E-state index is 0.0000466. The van der Waals surface area contributed by atoms with Crippen molar-refractivity contribution in [2.45, 2.75) is 57.8 Å². The molecule has 1 saturated heterocycles. The lowest BCUT2D eigenvalue weighted by Gasteiger charge is -2.19. The maximum absolute atomic E-state index is 14.4. The quantitative estimate of drug-likeness (QED) is 0.608. The molecule has 134 valence electrons. The average molecular weight is 339 g/mol. The standard InChI is InChI=1S/C19H27F2NO2/c1-2-3-14-24-17-9-6-8-16(15-17)19(20,21)11-7-10-18(23)22-12-4-5-13-22/h6,8-9,15H,2-5,7,10-14H2,1H3. The molecule has 1 heterocycles. The Morgan fingerprint density at radius 1 is 1.25 bits per heavy atom. The summed E-state index contributed by atoms with van der Waals surface area (Å²) in [6.07, 6.45) is 4.02. The Balaban J connectivity index is 1.84. The second-order valence-electron chi connectivity index (χ2n) is 6.38. The lowest BCUT2D eigenvalue weighted by molar-refractivity contribution is -0.130. The van der Waals surface area contributed by atoms with Gasteiger partial charge in [-0.05, 0) is 37.8 Å². The highest BCUT2D eigenvalue weighted by Gasteiger charge is 2.31. The van der Waals surface area contributed by atoms with Gasteiger partial charge >= 0.3 is 0 Å². The van der Waals surface area contributed by atoms with Gasteiger partial charge in [0, 0.05) is 31.5 Å². The Bertz CT molecular complexity index is 528. The van der Waals surface area contributed by atoms with Crippen LogP contribution in [-0.4, -0.2) is 30.5 Å². The van der Waals surface area contributed by atoms with Crippen molar-refractivity contribution >= 4 is 5.91 Å². The van der Waals surface area contributed by atoms with Gasteiger partial charge in [0.25, 0.3) is 5.92 Å². The summed E-state index contributed by atoms with van der Waals surface area (Å²) in [7, 11) is 0. The first-order valence-corrected chi connectivity index (χ1v) is 8.92. The summed E-state index contributed by atoms with van der Waals surface area (Å²) in [5.74, 6) is -2.45. The zero-order chi connectivity index (χ0) is 17.4. The van der Waals surface area contributed by atoms with E-state index in [1.165, 1.54) is 12.1 Å². The normalized spacial score (nSPS) is 14.9. The molecule has 24 heavy (non-hydrogen) atoms. The zero-order valence-corrected chi connectivity index (χ0v) is 14.4. The molecule has 1 aromatic rings. The average Bonchev–Trinajstić information content (AvgIpc) is 3.10. The summed E-state index contributed by atoms with van der Waals surface area (Å²) in [5.41, 5.74) is -0.0369. The lowest BCUT2D eigenvalue weighted by Crippen LogP contribution is -2.27. The van der Waals surface area contributed by atoms with E-state index in [-0.39, 0.29) is 30.7 Å². The number of ether oxygens (including phenoxy) is 1. The first-order chi connectivity index (χ1) is 11.5. The molecular weight excluding hydrogens is 312 g/mol. The Labute approximate surface area is 143 Å². The highest BCUT2D eigenvalue weighted by Crippen LogP contribution is 2.35. The molecule has 0 saturated carbocycles. The molecule has 1 aliphatic heterocycles. The molecule has 0 spiro atoms. The molecule has 0 aliphatic carbocycles. The number of alkyl halides is 2. The number of benzene rings is 1. The highest BCUT2D eigenvalue weighted by atomic mass is 19.3. The molecule has 2 rings (SSSR count). The van der Waals surface area contributed by atoms with Gasteiger partial charge < -0.3 is 9.64 Å². The summed E-state index contributed by atoms with van der Waals surface area (Å²) >= 11 is 0. The molecule has 1 fully saturated rings. The predicted molar refractivity (Wildman–Crippen MR) is 90.4 cm³/mol. The molecular formula is C19H27F2NO2. The molecule has 5 heteroatoms. The third-order valence-electron chi connectivity index (χ3n) is 4.36. The fourth-order valence-corrected chi connectivity index (χ4v) is 2.88. The monoisotopic (exact) mass is 339 g/mol. The van der Waals surface area contributed by atoms with Gasteiger partial charge in [-0.3, -0.25) is 4.79 Å². The Hall–Kier alpha value is -1.65. The van der Waals surface area contributed by atoms with E-state index in [0.29, 0.717) is 12.4 Å². The van der Waals surface area contributed by atoms with Gasteiger partial charge in [0.1, 0.15) is 5.75 Å². The number of carbonyl (C=O) groups excluding carboxylic acids is 1. The van der Waals surface area contributed by atoms with E-state index < -0.39 is 5.92 Å². The zero-order valence-electron chi connectivity index (χ0n) is 14.4. The van der Waals surface area contributed by atoms with Crippen LogP contribution in [0.15, 0.2) is 24.3 Å². The number of carbonyl (C=O) groups is 1. The van der Waals surface area contributed by atoms with Gasteiger partial charge in [0.05, 0.1) is 6.61 Å². The second kappa shape index (κ2) is 9.00. The fourth-order valence-electron chi connectivity index (χ4n) is 2.88. The third kappa shape index (κ3) is 5.46. The minimum Gasteiger partial charge on any atom is -0.494 e. The molecule has 0 N–H and O–H groups in total. The van der Waals surface area contributed by atoms with Crippen molar-refractivity contribution in [3.63, 3.8) is 0 Å². The van der Waals surface area contributed by atoms with Crippen LogP contribution in [0.5, 0.6) is 5.75 Å². The predicted octanol–water partition coefficient (Wildman–Crippen LogP) is 4.75. The van der Waals surface area contributed by atoms with Crippen molar-refractivity contribution < 1.29 is 18.3 Å². The van der Waals surface area contributed by atoms with Crippen molar-refractivity contribution in [3.8, 4) is 5.75 Å². The minimum atomic E-state index is -2.94. The molecule has 1 amide bonds. The molecule has 1 aliphatic rings. The van der Waals surface area contributed by atoms with E-state index >= 15 is 0 Å². The molecule has 0 atom stereocenters. The van der Waals surface area contributed by atoms with Crippen molar-refractivity contribution in [1.29, 1.82) is 0 Å². The van der Waals surface area contributed by atoms with Crippen LogP contribution in [0.1, 0.15) is 57.4 Å². The van der Waals surface area contributed by atoms with Crippen LogP contribution in [0.3, 0.4) is 0 Å². The Kier molecular flexibility index (Phi) is 7.00. The van der Waals surface area contributed by atoms with Gasteiger partial charge in [-0.25, -0.2) is 8.78 Å². The largest absolute Gasteiger partial charge is 0.494 e. The van der Waals surface area contributed by atoms with Crippen molar-refractivity contribution in [2.75, 3.05) is 19.7 Å².